The number of aliphatic hydroxyl groups excluding tert-OH is 1. The quantitative estimate of drug-likeness (QED) is 0.860. The second-order valence-electron chi connectivity index (χ2n) is 8.21. The van der Waals surface area contributed by atoms with Crippen molar-refractivity contribution in [3.63, 3.8) is 0 Å². The van der Waals surface area contributed by atoms with Gasteiger partial charge >= 0.3 is 0 Å². The van der Waals surface area contributed by atoms with Crippen molar-refractivity contribution in [2.45, 2.75) is 64.1 Å². The third-order valence-electron chi connectivity index (χ3n) is 6.57. The summed E-state index contributed by atoms with van der Waals surface area (Å²) in [6.45, 7) is 6.87. The highest BCUT2D eigenvalue weighted by atomic mass is 16.3. The van der Waals surface area contributed by atoms with Crippen LogP contribution >= 0.6 is 0 Å². The number of aryl methyl sites for hydroxylation is 1. The summed E-state index contributed by atoms with van der Waals surface area (Å²) in [4.78, 5) is 8.93. The number of fused-ring (bicyclic) bond motifs is 1. The molecule has 1 aliphatic carbocycles. The first kappa shape index (κ1) is 18.0. The fraction of sp³-hybridized carbons (Fsp3) is 0.636. The second kappa shape index (κ2) is 8.12. The average molecular weight is 356 g/mol. The van der Waals surface area contributed by atoms with Crippen LogP contribution in [0.1, 0.15) is 49.8 Å². The van der Waals surface area contributed by atoms with Crippen LogP contribution in [0.3, 0.4) is 0 Å². The minimum atomic E-state index is 0.299. The minimum absolute atomic E-state index is 0.299. The zero-order chi connectivity index (χ0) is 17.9. The molecule has 0 amide bonds. The highest BCUT2D eigenvalue weighted by Crippen LogP contribution is 2.28. The van der Waals surface area contributed by atoms with Crippen LogP contribution < -0.4 is 0 Å². The van der Waals surface area contributed by atoms with E-state index >= 15 is 0 Å². The number of aromatic amines is 1. The number of nitrogens with one attached hydrogen (secondary N) is 1. The normalized spacial score (nSPS) is 23.7. The fourth-order valence-corrected chi connectivity index (χ4v) is 5.10. The molecular weight excluding hydrogens is 322 g/mol. The van der Waals surface area contributed by atoms with Crippen molar-refractivity contribution in [3.8, 4) is 0 Å². The monoisotopic (exact) mass is 355 g/mol. The highest BCUT2D eigenvalue weighted by molar-refractivity contribution is 5.84. The Morgan fingerprint density at radius 1 is 1.12 bits per heavy atom. The maximum Gasteiger partial charge on any atom is 0.0459 e. The van der Waals surface area contributed by atoms with Crippen molar-refractivity contribution >= 4 is 10.9 Å². The summed E-state index contributed by atoms with van der Waals surface area (Å²) in [5.74, 6) is 0. The Hall–Kier alpha value is -1.36. The fourth-order valence-electron chi connectivity index (χ4n) is 5.10. The topological polar surface area (TPSA) is 42.5 Å². The summed E-state index contributed by atoms with van der Waals surface area (Å²) >= 11 is 0. The van der Waals surface area contributed by atoms with Crippen LogP contribution in [0.5, 0.6) is 0 Å². The predicted molar refractivity (Wildman–Crippen MR) is 107 cm³/mol. The van der Waals surface area contributed by atoms with E-state index < -0.39 is 0 Å². The van der Waals surface area contributed by atoms with Gasteiger partial charge in [0, 0.05) is 61.5 Å². The molecule has 1 aromatic heterocycles. The number of aromatic nitrogens is 1. The van der Waals surface area contributed by atoms with Crippen molar-refractivity contribution in [1.82, 2.24) is 14.8 Å². The number of piperazine rings is 1. The summed E-state index contributed by atoms with van der Waals surface area (Å²) in [6, 6.07) is 9.84. The third kappa shape index (κ3) is 3.68. The maximum absolute atomic E-state index is 9.60. The Kier molecular flexibility index (Phi) is 5.63. The molecule has 1 saturated heterocycles. The summed E-state index contributed by atoms with van der Waals surface area (Å²) in [7, 11) is 0. The van der Waals surface area contributed by atoms with E-state index in [-0.39, 0.29) is 0 Å². The lowest BCUT2D eigenvalue weighted by atomic mass is 9.92. The van der Waals surface area contributed by atoms with Gasteiger partial charge in [-0.15, -0.1) is 0 Å². The molecule has 2 aliphatic rings. The van der Waals surface area contributed by atoms with Crippen molar-refractivity contribution in [1.29, 1.82) is 0 Å². The lowest BCUT2D eigenvalue weighted by Gasteiger charge is -2.46. The van der Waals surface area contributed by atoms with Gasteiger partial charge < -0.3 is 10.1 Å². The molecule has 4 nitrogen and oxygen atoms in total. The first-order valence-corrected chi connectivity index (χ1v) is 10.4. The number of hydrogen-bond acceptors (Lipinski definition) is 3. The van der Waals surface area contributed by atoms with Crippen LogP contribution in [0.4, 0.5) is 0 Å². The van der Waals surface area contributed by atoms with Gasteiger partial charge in [-0.25, -0.2) is 0 Å². The third-order valence-corrected chi connectivity index (χ3v) is 6.57. The molecule has 2 N–H and O–H groups in total. The largest absolute Gasteiger partial charge is 0.396 e. The second-order valence-corrected chi connectivity index (χ2v) is 8.21. The smallest absolute Gasteiger partial charge is 0.0459 e. The molecule has 1 aromatic carbocycles. The van der Waals surface area contributed by atoms with E-state index in [0.717, 1.165) is 38.6 Å². The predicted octanol–water partition coefficient (Wildman–Crippen LogP) is 3.68. The van der Waals surface area contributed by atoms with Crippen LogP contribution in [0.25, 0.3) is 10.9 Å². The van der Waals surface area contributed by atoms with Gasteiger partial charge in [-0.05, 0) is 37.8 Å². The van der Waals surface area contributed by atoms with Gasteiger partial charge in [0.1, 0.15) is 0 Å². The number of benzene rings is 1. The van der Waals surface area contributed by atoms with Crippen LogP contribution in [-0.4, -0.2) is 58.2 Å². The first-order chi connectivity index (χ1) is 12.8. The van der Waals surface area contributed by atoms with E-state index in [9.17, 15) is 5.11 Å². The number of rotatable bonds is 5. The molecular formula is C22H33N3O. The molecule has 4 heteroatoms. The summed E-state index contributed by atoms with van der Waals surface area (Å²) in [6.07, 6.45) is 7.77. The highest BCUT2D eigenvalue weighted by Gasteiger charge is 2.32. The lowest BCUT2D eigenvalue weighted by Crippen LogP contribution is -2.56. The summed E-state index contributed by atoms with van der Waals surface area (Å²) < 4.78 is 0. The number of nitrogens with zero attached hydrogens (tertiary/aromatic N) is 2. The molecule has 0 radical (unpaired) electrons. The molecule has 1 saturated carbocycles. The first-order valence-electron chi connectivity index (χ1n) is 10.4. The van der Waals surface area contributed by atoms with E-state index in [1.54, 1.807) is 0 Å². The van der Waals surface area contributed by atoms with Crippen molar-refractivity contribution < 1.29 is 5.11 Å². The van der Waals surface area contributed by atoms with E-state index in [1.807, 2.05) is 0 Å². The van der Waals surface area contributed by atoms with Crippen LogP contribution in [0.15, 0.2) is 24.3 Å². The molecule has 0 unspecified atom stereocenters. The van der Waals surface area contributed by atoms with Gasteiger partial charge in [0.25, 0.3) is 0 Å². The molecule has 1 atom stereocenters. The van der Waals surface area contributed by atoms with Gasteiger partial charge in [-0.2, -0.15) is 0 Å². The SMILES string of the molecule is Cc1c(CN2CCN(C3CCCCC3)[C@H](CCO)C2)[nH]c2ccccc12. The van der Waals surface area contributed by atoms with Crippen molar-refractivity contribution in [2.75, 3.05) is 26.2 Å². The van der Waals surface area contributed by atoms with Gasteiger partial charge in [-0.3, -0.25) is 9.80 Å². The zero-order valence-electron chi connectivity index (χ0n) is 16.1. The molecule has 2 heterocycles. The molecule has 0 bridgehead atoms. The zero-order valence-corrected chi connectivity index (χ0v) is 16.1. The molecule has 1 aliphatic heterocycles. The Bertz CT molecular complexity index is 719. The number of para-hydroxylation sites is 1. The van der Waals surface area contributed by atoms with Gasteiger partial charge in [0.2, 0.25) is 0 Å². The summed E-state index contributed by atoms with van der Waals surface area (Å²) in [5, 5.41) is 10.9. The van der Waals surface area contributed by atoms with Gasteiger partial charge in [-0.1, -0.05) is 37.5 Å². The molecule has 2 fully saturated rings. The van der Waals surface area contributed by atoms with Gasteiger partial charge in [0.05, 0.1) is 0 Å². The Morgan fingerprint density at radius 2 is 1.92 bits per heavy atom. The van der Waals surface area contributed by atoms with Crippen LogP contribution in [-0.2, 0) is 6.54 Å². The van der Waals surface area contributed by atoms with Crippen LogP contribution in [0.2, 0.25) is 0 Å². The average Bonchev–Trinajstić information content (AvgIpc) is 2.99. The minimum Gasteiger partial charge on any atom is -0.396 e. The number of H-pyrrole nitrogens is 1. The van der Waals surface area contributed by atoms with Gasteiger partial charge in [0.15, 0.2) is 0 Å². The molecule has 26 heavy (non-hydrogen) atoms. The lowest BCUT2D eigenvalue weighted by molar-refractivity contribution is 0.0133. The molecule has 2 aromatic rings. The molecule has 4 rings (SSSR count). The molecule has 0 spiro atoms. The van der Waals surface area contributed by atoms with Crippen LogP contribution in [0, 0.1) is 6.92 Å². The van der Waals surface area contributed by atoms with Crippen molar-refractivity contribution in [3.05, 3.63) is 35.5 Å². The van der Waals surface area contributed by atoms with E-state index in [0.29, 0.717) is 12.6 Å². The van der Waals surface area contributed by atoms with E-state index in [4.69, 9.17) is 0 Å². The number of aliphatic hydroxyl groups is 1. The molecule has 142 valence electrons. The summed E-state index contributed by atoms with van der Waals surface area (Å²) in [5.41, 5.74) is 3.97. The number of hydrogen-bond donors (Lipinski definition) is 2. The van der Waals surface area contributed by atoms with E-state index in [2.05, 4.69) is 46.0 Å². The van der Waals surface area contributed by atoms with Crippen molar-refractivity contribution in [2.24, 2.45) is 0 Å². The Morgan fingerprint density at radius 3 is 2.69 bits per heavy atom. The Balaban J connectivity index is 1.45. The van der Waals surface area contributed by atoms with E-state index in [1.165, 1.54) is 54.3 Å². The maximum atomic E-state index is 9.60. The standard InChI is InChI=1S/C22H33N3O/c1-17-20-9-5-6-10-21(20)23-22(17)16-24-12-13-25(19(15-24)11-14-26)18-7-3-2-4-8-18/h5-6,9-10,18-19,23,26H,2-4,7-8,11-16H2,1H3/t19-/m1/s1. The Labute approximate surface area is 157 Å².